The highest BCUT2D eigenvalue weighted by Crippen LogP contribution is 2.52. The summed E-state index contributed by atoms with van der Waals surface area (Å²) in [6, 6.07) is 0. The van der Waals surface area contributed by atoms with Gasteiger partial charge >= 0.3 is 5.97 Å². The predicted molar refractivity (Wildman–Crippen MR) is 89.4 cm³/mol. The minimum absolute atomic E-state index is 0.153. The zero-order valence-electron chi connectivity index (χ0n) is 13.5. The van der Waals surface area contributed by atoms with Gasteiger partial charge < -0.3 is 10.8 Å². The number of anilines is 1. The number of nitrogens with two attached hydrogens (primary N) is 1. The summed E-state index contributed by atoms with van der Waals surface area (Å²) in [5.74, 6) is -0.00274. The van der Waals surface area contributed by atoms with Crippen molar-refractivity contribution in [1.82, 2.24) is 0 Å². The van der Waals surface area contributed by atoms with Crippen LogP contribution in [-0.4, -0.2) is 11.1 Å². The first-order chi connectivity index (χ1) is 9.78. The van der Waals surface area contributed by atoms with Gasteiger partial charge in [-0.1, -0.05) is 40.5 Å². The van der Waals surface area contributed by atoms with Crippen molar-refractivity contribution < 1.29 is 9.90 Å². The van der Waals surface area contributed by atoms with E-state index < -0.39 is 5.97 Å². The average molecular weight is 309 g/mol. The molecule has 0 spiro atoms. The summed E-state index contributed by atoms with van der Waals surface area (Å²) in [4.78, 5) is 13.1. The van der Waals surface area contributed by atoms with Gasteiger partial charge in [0.25, 0.3) is 0 Å². The highest BCUT2D eigenvalue weighted by Gasteiger charge is 2.41. The zero-order chi connectivity index (χ0) is 15.8. The zero-order valence-corrected chi connectivity index (χ0v) is 14.3. The highest BCUT2D eigenvalue weighted by molar-refractivity contribution is 7.15. The Morgan fingerprint density at radius 1 is 1.29 bits per heavy atom. The van der Waals surface area contributed by atoms with E-state index in [0.717, 1.165) is 12.0 Å². The predicted octanol–water partition coefficient (Wildman–Crippen LogP) is 5.01. The minimum Gasteiger partial charge on any atom is -0.477 e. The quantitative estimate of drug-likeness (QED) is 0.803. The molecule has 0 unspecified atom stereocenters. The summed E-state index contributed by atoms with van der Waals surface area (Å²) in [5.41, 5.74) is 7.95. The van der Waals surface area contributed by atoms with Crippen molar-refractivity contribution in [2.75, 3.05) is 5.73 Å². The summed E-state index contributed by atoms with van der Waals surface area (Å²) in [6.45, 7) is 8.74. The molecule has 0 aromatic carbocycles. The summed E-state index contributed by atoms with van der Waals surface area (Å²) >= 11 is 1.44. The lowest BCUT2D eigenvalue weighted by atomic mass is 9.74. The van der Waals surface area contributed by atoms with E-state index >= 15 is 0 Å². The molecule has 0 atom stereocenters. The Kier molecular flexibility index (Phi) is 4.66. The molecule has 3 N–H and O–H groups in total. The van der Waals surface area contributed by atoms with Gasteiger partial charge in [0.1, 0.15) is 4.88 Å². The smallest absolute Gasteiger partial charge is 0.348 e. The van der Waals surface area contributed by atoms with Crippen LogP contribution >= 0.6 is 11.3 Å². The largest absolute Gasteiger partial charge is 0.477 e. The van der Waals surface area contributed by atoms with Crippen LogP contribution in [0.3, 0.4) is 0 Å². The summed E-state index contributed by atoms with van der Waals surface area (Å²) in [6.07, 6.45) is 5.95. The Balaban J connectivity index is 2.59. The molecule has 0 amide bonds. The first-order valence-corrected chi connectivity index (χ1v) is 8.76. The lowest BCUT2D eigenvalue weighted by molar-refractivity contribution is 0.0703. The summed E-state index contributed by atoms with van der Waals surface area (Å²) < 4.78 is 0. The molecule has 0 saturated heterocycles. The van der Waals surface area contributed by atoms with Crippen LogP contribution in [0.4, 0.5) is 5.69 Å². The number of nitrogen functional groups attached to an aromatic ring is 1. The van der Waals surface area contributed by atoms with Crippen LogP contribution in [0.15, 0.2) is 0 Å². The molecule has 1 fully saturated rings. The van der Waals surface area contributed by atoms with Crippen molar-refractivity contribution in [3.8, 4) is 0 Å². The molecule has 1 saturated carbocycles. The molecule has 1 aliphatic carbocycles. The van der Waals surface area contributed by atoms with Crippen molar-refractivity contribution in [3.63, 3.8) is 0 Å². The van der Waals surface area contributed by atoms with Crippen LogP contribution in [0.25, 0.3) is 0 Å². The Morgan fingerprint density at radius 3 is 2.29 bits per heavy atom. The van der Waals surface area contributed by atoms with Gasteiger partial charge in [-0.15, -0.1) is 11.3 Å². The molecule has 2 rings (SSSR count). The molecule has 1 aromatic heterocycles. The third-order valence-corrected chi connectivity index (χ3v) is 6.05. The van der Waals surface area contributed by atoms with Crippen LogP contribution in [-0.2, 0) is 5.41 Å². The van der Waals surface area contributed by atoms with Crippen molar-refractivity contribution in [2.24, 2.45) is 5.92 Å². The summed E-state index contributed by atoms with van der Waals surface area (Å²) in [5, 5.41) is 9.42. The van der Waals surface area contributed by atoms with Crippen LogP contribution in [0.2, 0.25) is 0 Å². The van der Waals surface area contributed by atoms with Gasteiger partial charge in [0, 0.05) is 10.3 Å². The molecule has 21 heavy (non-hydrogen) atoms. The van der Waals surface area contributed by atoms with Gasteiger partial charge in [-0.25, -0.2) is 4.79 Å². The summed E-state index contributed by atoms with van der Waals surface area (Å²) in [7, 11) is 0. The Bertz CT molecular complexity index is 525. The highest BCUT2D eigenvalue weighted by atomic mass is 32.1. The molecular formula is C17H27NO2S. The number of hydrogen-bond donors (Lipinski definition) is 2. The van der Waals surface area contributed by atoms with Gasteiger partial charge in [-0.3, -0.25) is 0 Å². The monoisotopic (exact) mass is 309 g/mol. The van der Waals surface area contributed by atoms with Gasteiger partial charge in [0.05, 0.1) is 5.69 Å². The van der Waals surface area contributed by atoms with Crippen LogP contribution in [0.1, 0.15) is 85.8 Å². The van der Waals surface area contributed by atoms with Crippen molar-refractivity contribution >= 4 is 23.0 Å². The van der Waals surface area contributed by atoms with E-state index in [0.29, 0.717) is 16.5 Å². The molecule has 118 valence electrons. The molecular weight excluding hydrogens is 282 g/mol. The first-order valence-electron chi connectivity index (χ1n) is 7.94. The number of aromatic carboxylic acids is 1. The molecule has 0 aliphatic heterocycles. The Morgan fingerprint density at radius 2 is 1.86 bits per heavy atom. The second-order valence-electron chi connectivity index (χ2n) is 7.13. The van der Waals surface area contributed by atoms with Gasteiger partial charge in [0.2, 0.25) is 0 Å². The average Bonchev–Trinajstić information content (AvgIpc) is 2.93. The van der Waals surface area contributed by atoms with Crippen molar-refractivity contribution in [3.05, 3.63) is 15.3 Å². The minimum atomic E-state index is -0.886. The number of rotatable bonds is 5. The van der Waals surface area contributed by atoms with E-state index in [2.05, 4.69) is 27.7 Å². The molecule has 3 nitrogen and oxygen atoms in total. The lowest BCUT2D eigenvalue weighted by Gasteiger charge is -2.32. The van der Waals surface area contributed by atoms with Crippen LogP contribution < -0.4 is 5.73 Å². The lowest BCUT2D eigenvalue weighted by Crippen LogP contribution is -2.25. The number of hydrogen-bond acceptors (Lipinski definition) is 3. The fourth-order valence-corrected chi connectivity index (χ4v) is 5.41. The van der Waals surface area contributed by atoms with E-state index in [-0.39, 0.29) is 11.3 Å². The maximum absolute atomic E-state index is 11.5. The Hall–Kier alpha value is -1.03. The van der Waals surface area contributed by atoms with E-state index in [1.807, 2.05) is 0 Å². The normalized spacial score (nSPS) is 17.8. The fraction of sp³-hybridized carbons (Fsp3) is 0.706. The number of carbonyl (C=O) groups is 1. The van der Waals surface area contributed by atoms with Gasteiger partial charge in [-0.2, -0.15) is 0 Å². The first kappa shape index (κ1) is 16.3. The number of carboxylic acid groups (broad SMARTS) is 1. The van der Waals surface area contributed by atoms with Crippen molar-refractivity contribution in [2.45, 2.75) is 71.1 Å². The molecule has 4 heteroatoms. The van der Waals surface area contributed by atoms with E-state index in [1.54, 1.807) is 0 Å². The molecule has 1 aromatic rings. The van der Waals surface area contributed by atoms with Gasteiger partial charge in [-0.05, 0) is 36.7 Å². The maximum Gasteiger partial charge on any atom is 0.348 e. The third-order valence-electron chi connectivity index (χ3n) is 4.60. The fourth-order valence-electron chi connectivity index (χ4n) is 3.94. The topological polar surface area (TPSA) is 63.3 Å². The Labute approximate surface area is 131 Å². The van der Waals surface area contributed by atoms with Gasteiger partial charge in [0.15, 0.2) is 0 Å². The SMILES string of the molecule is CC(C)CC1(c2sc(C(=O)O)c(N)c2C(C)C)CCCC1. The number of carboxylic acids is 1. The third kappa shape index (κ3) is 2.96. The van der Waals surface area contributed by atoms with Crippen LogP contribution in [0, 0.1) is 5.92 Å². The maximum atomic E-state index is 11.5. The van der Waals surface area contributed by atoms with E-state index in [4.69, 9.17) is 5.73 Å². The van der Waals surface area contributed by atoms with Crippen LogP contribution in [0.5, 0.6) is 0 Å². The standard InChI is InChI=1S/C17H27NO2S/c1-10(2)9-17(7-5-6-8-17)15-12(11(3)4)13(18)14(21-15)16(19)20/h10-11H,5-9,18H2,1-4H3,(H,19,20). The molecule has 0 bridgehead atoms. The second kappa shape index (κ2) is 5.99. The second-order valence-corrected chi connectivity index (χ2v) is 8.15. The van der Waals surface area contributed by atoms with Crippen molar-refractivity contribution in [1.29, 1.82) is 0 Å². The van der Waals surface area contributed by atoms with E-state index in [9.17, 15) is 9.90 Å². The molecule has 0 radical (unpaired) electrons. The molecule has 1 aliphatic rings. The number of thiophene rings is 1. The van der Waals surface area contributed by atoms with E-state index in [1.165, 1.54) is 41.9 Å². The molecule has 1 heterocycles.